The highest BCUT2D eigenvalue weighted by molar-refractivity contribution is 6.88. The van der Waals surface area contributed by atoms with Crippen molar-refractivity contribution in [3.8, 4) is 157 Å². The molecule has 0 saturated carbocycles. The molecule has 0 amide bonds. The van der Waals surface area contributed by atoms with Crippen LogP contribution in [0.2, 0.25) is 72.5 Å². The minimum atomic E-state index is -2.09. The van der Waals surface area contributed by atoms with Gasteiger partial charge in [-0.1, -0.05) is 609 Å². The van der Waals surface area contributed by atoms with E-state index in [0.29, 0.717) is 0 Å². The Bertz CT molecular complexity index is 4740. The van der Waals surface area contributed by atoms with Crippen molar-refractivity contribution in [1.82, 2.24) is 0 Å². The van der Waals surface area contributed by atoms with Crippen molar-refractivity contribution in [2.75, 3.05) is 0 Å². The average molecular weight is 1990 g/mol. The van der Waals surface area contributed by atoms with E-state index in [1.54, 1.807) is 0 Å². The van der Waals surface area contributed by atoms with Crippen LogP contribution in [0.4, 0.5) is 0 Å². The molecule has 0 atom stereocenters. The van der Waals surface area contributed by atoms with Crippen LogP contribution >= 0.6 is 0 Å². The van der Waals surface area contributed by atoms with E-state index in [0.717, 1.165) is 0 Å². The lowest BCUT2D eigenvalue weighted by atomic mass is 9.89. The zero-order valence-corrected chi connectivity index (χ0v) is 97.2. The molecule has 0 N–H and O–H groups in total. The molecule has 10 aromatic rings. The number of hydrogen-bond donors (Lipinski definition) is 0. The molecule has 4 heteroatoms. The molecule has 144 heavy (non-hydrogen) atoms. The van der Waals surface area contributed by atoms with E-state index in [9.17, 15) is 0 Å². The first-order chi connectivity index (χ1) is 70.8. The maximum Gasteiger partial charge on any atom is 0.138 e. The fraction of sp³-hybridized carbons (Fsp3) is 0.514. The summed E-state index contributed by atoms with van der Waals surface area (Å²) < 4.78 is 0. The van der Waals surface area contributed by atoms with Crippen LogP contribution in [0.25, 0.3) is 111 Å². The third-order valence-corrected chi connectivity index (χ3v) is 50.9. The van der Waals surface area contributed by atoms with Crippen LogP contribution < -0.4 is 0 Å². The summed E-state index contributed by atoms with van der Waals surface area (Å²) in [5.74, 6) is 17.1. The van der Waals surface area contributed by atoms with E-state index < -0.39 is 32.3 Å². The second-order valence-electron chi connectivity index (χ2n) is 44.4. The number of hydrogen-bond acceptors (Lipinski definition) is 0. The lowest BCUT2D eigenvalue weighted by molar-refractivity contribution is 0.668. The highest BCUT2D eigenvalue weighted by atomic mass is 28.3. The highest BCUT2D eigenvalue weighted by Gasteiger charge is 2.35. The van der Waals surface area contributed by atoms with E-state index in [-0.39, 0.29) is 0 Å². The Morgan fingerprint density at radius 2 is 0.222 bits per heavy atom. The molecule has 0 saturated heterocycles. The molecule has 0 aromatic heterocycles. The molecule has 10 aromatic carbocycles. The molecule has 0 aliphatic heterocycles. The first-order valence-electron chi connectivity index (χ1n) is 60.1. The van der Waals surface area contributed by atoms with Gasteiger partial charge in [-0.15, -0.1) is 22.2 Å². The zero-order valence-electron chi connectivity index (χ0n) is 93.2. The molecule has 0 nitrogen and oxygen atoms in total. The van der Waals surface area contributed by atoms with Crippen molar-refractivity contribution in [2.24, 2.45) is 0 Å². The lowest BCUT2D eigenvalue weighted by Gasteiger charge is -2.27. The van der Waals surface area contributed by atoms with E-state index in [1.165, 1.54) is 514 Å². The molecule has 0 radical (unpaired) electrons. The quantitative estimate of drug-likeness (QED) is 0.0202. The standard InChI is InChI=1S/C140H192Si4/c1-13-25-37-49-97-141(98-50-38-26-14-2,99-51-39-27-15-3)109-93-133-113-138-130-87-79-126(80-88-130)122-71-63-118(64-72-122)120-67-75-124(76-68-120)128-83-91-132(92-84-128)140-116-135(95-111-143(103-55-43-31-19-7,104-56-44-32-20-8)105-57-45-33-21-9)139(115-136(140)96-112-144(106-58-46-34-22-10,107-59-47-35-23-11)108-60-48-36-24-12)131-89-81-127(82-90-131)123-73-65-119(66-74-123)117-61-69-121(70-62-117)125-77-85-129(86-78-125)137(133)114-134(138)94-110-142(100-52-40-28-16-4,101-53-41-29-17-5)102-54-42-30-18-6/h61-92,113-116H,13-60,97-108H2,1-12H3. The largest absolute Gasteiger partial charge is 0.138 e. The van der Waals surface area contributed by atoms with Gasteiger partial charge in [-0.25, -0.2) is 0 Å². The van der Waals surface area contributed by atoms with E-state index >= 15 is 0 Å². The summed E-state index contributed by atoms with van der Waals surface area (Å²) in [6, 6.07) is 102. The number of benzene rings is 10. The van der Waals surface area contributed by atoms with Gasteiger partial charge in [0.25, 0.3) is 0 Å². The van der Waals surface area contributed by atoms with Crippen LogP contribution in [0, 0.1) is 45.9 Å². The van der Waals surface area contributed by atoms with Gasteiger partial charge in [0, 0.05) is 22.3 Å². The number of unbranched alkanes of at least 4 members (excludes halogenated alkanes) is 36. The van der Waals surface area contributed by atoms with Gasteiger partial charge < -0.3 is 0 Å². The molecular formula is C140H192Si4. The summed E-state index contributed by atoms with van der Waals surface area (Å²) in [4.78, 5) is 0. The number of rotatable bonds is 60. The third-order valence-electron chi connectivity index (χ3n) is 32.6. The van der Waals surface area contributed by atoms with Crippen LogP contribution in [0.1, 0.15) is 414 Å². The summed E-state index contributed by atoms with van der Waals surface area (Å²) in [6.45, 7) is 28.5. The summed E-state index contributed by atoms with van der Waals surface area (Å²) >= 11 is 0. The molecule has 0 fully saturated rings. The van der Waals surface area contributed by atoms with Crippen molar-refractivity contribution in [3.63, 3.8) is 0 Å². The normalized spacial score (nSPS) is 11.8. The minimum Gasteiger partial charge on any atom is -0.126 e. The summed E-state index contributed by atoms with van der Waals surface area (Å²) in [6.07, 6.45) is 62.2. The Hall–Kier alpha value is -8.69. The maximum atomic E-state index is 4.49. The van der Waals surface area contributed by atoms with Gasteiger partial charge in [-0.05, 0) is 208 Å². The highest BCUT2D eigenvalue weighted by Crippen LogP contribution is 2.43. The van der Waals surface area contributed by atoms with Gasteiger partial charge in [0.2, 0.25) is 0 Å². The smallest absolute Gasteiger partial charge is 0.126 e. The van der Waals surface area contributed by atoms with E-state index in [2.05, 4.69) is 347 Å². The average Bonchev–Trinajstić information content (AvgIpc) is 0.777. The van der Waals surface area contributed by atoms with Crippen molar-refractivity contribution in [1.29, 1.82) is 0 Å². The topological polar surface area (TPSA) is 0 Å². The fourth-order valence-electron chi connectivity index (χ4n) is 23.1. The monoisotopic (exact) mass is 1990 g/mol. The molecule has 28 aliphatic rings. The Balaban J connectivity index is 1.11. The Kier molecular flexibility index (Phi) is 52.4. The zero-order chi connectivity index (χ0) is 101. The predicted octanol–water partition coefficient (Wildman–Crippen LogP) is 45.0. The molecule has 20 bridgehead atoms. The molecule has 768 valence electrons. The second-order valence-corrected chi connectivity index (χ2v) is 61.6. The Morgan fingerprint density at radius 3 is 0.319 bits per heavy atom. The predicted molar refractivity (Wildman–Crippen MR) is 652 cm³/mol. The molecule has 28 aliphatic carbocycles. The van der Waals surface area contributed by atoms with Crippen LogP contribution in [0.15, 0.2) is 218 Å². The summed E-state index contributed by atoms with van der Waals surface area (Å²) in [7, 11) is -8.36. The van der Waals surface area contributed by atoms with Crippen LogP contribution in [-0.2, 0) is 0 Å². The molecule has 0 spiro atoms. The third kappa shape index (κ3) is 36.9. The maximum absolute atomic E-state index is 4.49. The van der Waals surface area contributed by atoms with Crippen molar-refractivity contribution >= 4 is 32.3 Å². The SMILES string of the molecule is CCCCCC[Si](C#Cc1cc2c(C#C[Si](CCCCCC)(CCCCCC)CCCCCC)cc1-c1ccc(cc1)-c1ccc(cc1)-c1ccc(cc1)-c1ccc(cc1)-c1cc(C#C[Si](CCCCCC)(CCCCCC)CCCCCC)c(cc1C#C[Si](CCCCCC)(CCCCCC)CCCCCC)-c1ccc(cc1)-c1ccc(cc1)-c1ccc(cc1)-c1ccc-2cc1)(CCCCCC)CCCCCC. The van der Waals surface area contributed by atoms with E-state index in [1.807, 2.05) is 0 Å². The first-order valence-corrected chi connectivity index (χ1v) is 70.6. The van der Waals surface area contributed by atoms with Crippen LogP contribution in [-0.4, -0.2) is 32.3 Å². The molecule has 38 rings (SSSR count). The van der Waals surface area contributed by atoms with E-state index in [4.69, 9.17) is 0 Å². The summed E-state index contributed by atoms with van der Waals surface area (Å²) in [5.41, 5.74) is 47.2. The van der Waals surface area contributed by atoms with Gasteiger partial charge >= 0.3 is 0 Å². The molecule has 0 unspecified atom stereocenters. The van der Waals surface area contributed by atoms with Gasteiger partial charge in [0.05, 0.1) is 0 Å². The van der Waals surface area contributed by atoms with Crippen LogP contribution in [0.3, 0.4) is 0 Å². The van der Waals surface area contributed by atoms with Crippen molar-refractivity contribution in [3.05, 3.63) is 241 Å². The minimum absolute atomic E-state index is 1.17. The summed E-state index contributed by atoms with van der Waals surface area (Å²) in [5, 5.41) is 0. The lowest BCUT2D eigenvalue weighted by Crippen LogP contribution is -2.33. The van der Waals surface area contributed by atoms with Gasteiger partial charge in [-0.3, -0.25) is 0 Å². The Labute approximate surface area is 887 Å². The second kappa shape index (κ2) is 65.2. The van der Waals surface area contributed by atoms with Gasteiger partial charge in [-0.2, -0.15) is 0 Å². The van der Waals surface area contributed by atoms with Gasteiger partial charge in [0.15, 0.2) is 0 Å². The van der Waals surface area contributed by atoms with Crippen molar-refractivity contribution < 1.29 is 0 Å². The molecule has 0 heterocycles. The van der Waals surface area contributed by atoms with Crippen LogP contribution in [0.5, 0.6) is 0 Å². The van der Waals surface area contributed by atoms with Gasteiger partial charge in [0.1, 0.15) is 32.3 Å². The molecular weight excluding hydrogens is 1790 g/mol. The van der Waals surface area contributed by atoms with Crippen molar-refractivity contribution in [2.45, 2.75) is 464 Å². The fourth-order valence-corrected chi connectivity index (χ4v) is 40.3. The first kappa shape index (κ1) is 116. The Morgan fingerprint density at radius 1 is 0.125 bits per heavy atom.